The molecule has 1 aromatic rings. The summed E-state index contributed by atoms with van der Waals surface area (Å²) in [6.45, 7) is 4.01. The van der Waals surface area contributed by atoms with Crippen LogP contribution in [0.4, 0.5) is 0 Å². The Bertz CT molecular complexity index is 315. The second kappa shape index (κ2) is 3.63. The summed E-state index contributed by atoms with van der Waals surface area (Å²) < 4.78 is 0. The highest BCUT2D eigenvalue weighted by Gasteiger charge is 2.22. The number of hydrogen-bond donors (Lipinski definition) is 0. The molecular formula is C11H11BS. The van der Waals surface area contributed by atoms with Crippen molar-refractivity contribution in [3.8, 4) is 0 Å². The summed E-state index contributed by atoms with van der Waals surface area (Å²) in [6.07, 6.45) is 2.47. The first-order valence-electron chi connectivity index (χ1n) is 4.45. The Morgan fingerprint density at radius 1 is 1.31 bits per heavy atom. The molecule has 1 unspecified atom stereocenters. The van der Waals surface area contributed by atoms with Crippen LogP contribution in [0.3, 0.4) is 0 Å². The molecule has 0 bridgehead atoms. The molecule has 1 saturated carbocycles. The molecule has 0 heterocycles. The molecule has 1 fully saturated rings. The number of rotatable bonds is 2. The first kappa shape index (κ1) is 8.95. The van der Waals surface area contributed by atoms with Crippen LogP contribution in [0.2, 0.25) is 0 Å². The van der Waals surface area contributed by atoms with Gasteiger partial charge in [-0.2, -0.15) is 0 Å². The third kappa shape index (κ3) is 2.00. The molecule has 64 valence electrons. The van der Waals surface area contributed by atoms with E-state index in [1.807, 2.05) is 23.9 Å². The summed E-state index contributed by atoms with van der Waals surface area (Å²) >= 11 is 1.89. The maximum Gasteiger partial charge on any atom is 0.113 e. The molecule has 1 aromatic carbocycles. The molecule has 2 radical (unpaired) electrons. The monoisotopic (exact) mass is 186 g/mol. The molecule has 0 spiro atoms. The Morgan fingerprint density at radius 3 is 2.46 bits per heavy atom. The summed E-state index contributed by atoms with van der Waals surface area (Å²) in [5.74, 6) is 0. The van der Waals surface area contributed by atoms with E-state index in [9.17, 15) is 0 Å². The largest absolute Gasteiger partial charge is 0.118 e. The predicted molar refractivity (Wildman–Crippen MR) is 59.8 cm³/mol. The molecule has 0 N–H and O–H groups in total. The summed E-state index contributed by atoms with van der Waals surface area (Å²) in [7, 11) is 5.60. The molecular weight excluding hydrogens is 175 g/mol. The van der Waals surface area contributed by atoms with Crippen LogP contribution in [-0.4, -0.2) is 13.1 Å². The molecule has 0 aromatic heterocycles. The fourth-order valence-electron chi connectivity index (χ4n) is 1.32. The minimum absolute atomic E-state index is 0.642. The Hall–Kier alpha value is -0.625. The van der Waals surface area contributed by atoms with E-state index in [0.29, 0.717) is 5.25 Å². The molecule has 13 heavy (non-hydrogen) atoms. The summed E-state index contributed by atoms with van der Waals surface area (Å²) in [6, 6.07) is 8.05. The van der Waals surface area contributed by atoms with Crippen LogP contribution < -0.4 is 5.46 Å². The van der Waals surface area contributed by atoms with E-state index < -0.39 is 0 Å². The molecule has 0 saturated heterocycles. The number of benzene rings is 1. The average molecular weight is 186 g/mol. The minimum atomic E-state index is 0.642. The molecule has 1 aliphatic rings. The van der Waals surface area contributed by atoms with Crippen LogP contribution in [0.25, 0.3) is 0 Å². The molecule has 1 aliphatic carbocycles. The smallest absolute Gasteiger partial charge is 0.113 e. The fourth-order valence-corrected chi connectivity index (χ4v) is 2.46. The lowest BCUT2D eigenvalue weighted by molar-refractivity contribution is 0.684. The second-order valence-electron chi connectivity index (χ2n) is 3.37. The Balaban J connectivity index is 2.01. The lowest BCUT2D eigenvalue weighted by Gasteiger charge is -2.28. The zero-order valence-electron chi connectivity index (χ0n) is 7.49. The molecule has 0 aliphatic heterocycles. The van der Waals surface area contributed by atoms with Gasteiger partial charge in [0.25, 0.3) is 0 Å². The highest BCUT2D eigenvalue weighted by Crippen LogP contribution is 2.39. The van der Waals surface area contributed by atoms with Crippen molar-refractivity contribution in [1.29, 1.82) is 0 Å². The normalized spacial score (nSPS) is 21.2. The molecule has 1 atom stereocenters. The van der Waals surface area contributed by atoms with Gasteiger partial charge in [0, 0.05) is 10.1 Å². The zero-order chi connectivity index (χ0) is 9.26. The standard InChI is InChI=1S/C11H11BS/c1-8-2-7-11(8)13-10-5-3-9(12)4-6-10/h3-6,11H,1-2,7H2. The van der Waals surface area contributed by atoms with Gasteiger partial charge in [-0.1, -0.05) is 29.7 Å². The van der Waals surface area contributed by atoms with E-state index in [2.05, 4.69) is 18.7 Å². The first-order chi connectivity index (χ1) is 6.25. The minimum Gasteiger partial charge on any atom is -0.118 e. The van der Waals surface area contributed by atoms with Gasteiger partial charge in [0.05, 0.1) is 0 Å². The lowest BCUT2D eigenvalue weighted by Crippen LogP contribution is -2.16. The number of hydrogen-bond acceptors (Lipinski definition) is 1. The quantitative estimate of drug-likeness (QED) is 0.504. The van der Waals surface area contributed by atoms with E-state index >= 15 is 0 Å². The van der Waals surface area contributed by atoms with E-state index in [-0.39, 0.29) is 0 Å². The molecule has 2 heteroatoms. The Morgan fingerprint density at radius 2 is 2.00 bits per heavy atom. The average Bonchev–Trinajstić information content (AvgIpc) is 2.15. The van der Waals surface area contributed by atoms with Crippen LogP contribution in [0.15, 0.2) is 41.3 Å². The Labute approximate surface area is 84.8 Å². The third-order valence-corrected chi connectivity index (χ3v) is 3.74. The third-order valence-electron chi connectivity index (χ3n) is 2.34. The van der Waals surface area contributed by atoms with E-state index in [1.54, 1.807) is 0 Å². The van der Waals surface area contributed by atoms with Crippen LogP contribution in [0, 0.1) is 0 Å². The van der Waals surface area contributed by atoms with Gasteiger partial charge in [-0.05, 0) is 25.0 Å². The van der Waals surface area contributed by atoms with Crippen molar-refractivity contribution >= 4 is 25.1 Å². The zero-order valence-corrected chi connectivity index (χ0v) is 8.31. The van der Waals surface area contributed by atoms with E-state index in [0.717, 1.165) is 5.46 Å². The summed E-state index contributed by atoms with van der Waals surface area (Å²) in [5, 5.41) is 0.642. The van der Waals surface area contributed by atoms with Gasteiger partial charge in [0.2, 0.25) is 0 Å². The molecule has 0 amide bonds. The van der Waals surface area contributed by atoms with Gasteiger partial charge in [-0.15, -0.1) is 11.8 Å². The maximum atomic E-state index is 5.60. The number of thioether (sulfide) groups is 1. The van der Waals surface area contributed by atoms with Gasteiger partial charge >= 0.3 is 0 Å². The van der Waals surface area contributed by atoms with Crippen molar-refractivity contribution in [2.24, 2.45) is 0 Å². The van der Waals surface area contributed by atoms with Crippen LogP contribution in [0.5, 0.6) is 0 Å². The van der Waals surface area contributed by atoms with Gasteiger partial charge < -0.3 is 0 Å². The van der Waals surface area contributed by atoms with Crippen molar-refractivity contribution in [1.82, 2.24) is 0 Å². The second-order valence-corrected chi connectivity index (χ2v) is 4.65. The maximum absolute atomic E-state index is 5.60. The van der Waals surface area contributed by atoms with Crippen molar-refractivity contribution in [3.05, 3.63) is 36.4 Å². The van der Waals surface area contributed by atoms with Gasteiger partial charge in [0.15, 0.2) is 0 Å². The highest BCUT2D eigenvalue weighted by molar-refractivity contribution is 8.00. The summed E-state index contributed by atoms with van der Waals surface area (Å²) in [5.41, 5.74) is 2.21. The van der Waals surface area contributed by atoms with Crippen molar-refractivity contribution in [2.45, 2.75) is 23.0 Å². The lowest BCUT2D eigenvalue weighted by atomic mass is 9.94. The molecule has 2 rings (SSSR count). The van der Waals surface area contributed by atoms with Crippen LogP contribution in [0.1, 0.15) is 12.8 Å². The van der Waals surface area contributed by atoms with Gasteiger partial charge in [0.1, 0.15) is 7.85 Å². The van der Waals surface area contributed by atoms with Crippen LogP contribution >= 0.6 is 11.8 Å². The fraction of sp³-hybridized carbons (Fsp3) is 0.273. The van der Waals surface area contributed by atoms with Crippen molar-refractivity contribution in [2.75, 3.05) is 0 Å². The molecule has 0 nitrogen and oxygen atoms in total. The van der Waals surface area contributed by atoms with Gasteiger partial charge in [-0.25, -0.2) is 0 Å². The van der Waals surface area contributed by atoms with E-state index in [4.69, 9.17) is 7.85 Å². The van der Waals surface area contributed by atoms with Crippen LogP contribution in [-0.2, 0) is 0 Å². The predicted octanol–water partition coefficient (Wildman–Crippen LogP) is 2.29. The van der Waals surface area contributed by atoms with Crippen molar-refractivity contribution < 1.29 is 0 Å². The highest BCUT2D eigenvalue weighted by atomic mass is 32.2. The Kier molecular flexibility index (Phi) is 2.50. The first-order valence-corrected chi connectivity index (χ1v) is 5.33. The van der Waals surface area contributed by atoms with Crippen molar-refractivity contribution in [3.63, 3.8) is 0 Å². The SMILES string of the molecule is [B]c1ccc(SC2CCC2=C)cc1. The van der Waals surface area contributed by atoms with E-state index in [1.165, 1.54) is 23.3 Å². The summed E-state index contributed by atoms with van der Waals surface area (Å²) in [4.78, 5) is 1.29. The topological polar surface area (TPSA) is 0 Å². The van der Waals surface area contributed by atoms with Gasteiger partial charge in [-0.3, -0.25) is 0 Å².